The van der Waals surface area contributed by atoms with E-state index >= 15 is 0 Å². The van der Waals surface area contributed by atoms with Crippen molar-refractivity contribution in [3.05, 3.63) is 94.5 Å². The zero-order valence-electron chi connectivity index (χ0n) is 16.9. The fourth-order valence-electron chi connectivity index (χ4n) is 2.56. The highest BCUT2D eigenvalue weighted by Gasteiger charge is 2.09. The Kier molecular flexibility index (Phi) is 7.79. The van der Waals surface area contributed by atoms with Gasteiger partial charge in [-0.05, 0) is 72.6 Å². The molecule has 0 radical (unpaired) electrons. The van der Waals surface area contributed by atoms with Crippen LogP contribution in [0.3, 0.4) is 0 Å². The van der Waals surface area contributed by atoms with Crippen molar-refractivity contribution in [2.75, 3.05) is 6.61 Å². The third-order valence-corrected chi connectivity index (χ3v) is 4.37. The predicted octanol–water partition coefficient (Wildman–Crippen LogP) is 5.11. The highest BCUT2D eigenvalue weighted by molar-refractivity contribution is 6.30. The van der Waals surface area contributed by atoms with Gasteiger partial charge in [0, 0.05) is 10.6 Å². The first-order valence-corrected chi connectivity index (χ1v) is 10.1. The molecule has 7 heteroatoms. The molecular weight excluding hydrogens is 416 g/mol. The lowest BCUT2D eigenvalue weighted by molar-refractivity contribution is 0.0734. The Hall–Kier alpha value is -3.64. The SMILES string of the molecule is CCCOc1ccc(C(=O)NN=Cc2cccc(OC(=O)c3ccc(Cl)cc3)c2)cc1. The molecule has 3 aromatic rings. The molecule has 0 saturated heterocycles. The van der Waals surface area contributed by atoms with Crippen molar-refractivity contribution in [2.24, 2.45) is 5.10 Å². The van der Waals surface area contributed by atoms with Crippen LogP contribution in [-0.4, -0.2) is 24.7 Å². The standard InChI is InChI=1S/C24H21ClN2O4/c1-2-14-30-21-12-8-18(9-13-21)23(28)27-26-16-17-4-3-5-22(15-17)31-24(29)19-6-10-20(25)11-7-19/h3-13,15-16H,2,14H2,1H3,(H,27,28). The fraction of sp³-hybridized carbons (Fsp3) is 0.125. The number of carbonyl (C=O) groups is 2. The van der Waals surface area contributed by atoms with E-state index in [1.165, 1.54) is 6.21 Å². The number of hydrazone groups is 1. The summed E-state index contributed by atoms with van der Waals surface area (Å²) in [5.74, 6) is 0.235. The van der Waals surface area contributed by atoms with Crippen LogP contribution in [0.2, 0.25) is 5.02 Å². The average Bonchev–Trinajstić information content (AvgIpc) is 2.78. The molecule has 31 heavy (non-hydrogen) atoms. The van der Waals surface area contributed by atoms with E-state index in [1.807, 2.05) is 6.92 Å². The number of benzene rings is 3. The van der Waals surface area contributed by atoms with E-state index in [0.29, 0.717) is 39.8 Å². The van der Waals surface area contributed by atoms with Crippen molar-refractivity contribution in [2.45, 2.75) is 13.3 Å². The average molecular weight is 437 g/mol. The summed E-state index contributed by atoms with van der Waals surface area (Å²) in [4.78, 5) is 24.4. The number of hydrogen-bond donors (Lipinski definition) is 1. The first-order chi connectivity index (χ1) is 15.0. The number of esters is 1. The molecule has 0 unspecified atom stereocenters. The van der Waals surface area contributed by atoms with Crippen LogP contribution >= 0.6 is 11.6 Å². The van der Waals surface area contributed by atoms with Gasteiger partial charge < -0.3 is 9.47 Å². The lowest BCUT2D eigenvalue weighted by Crippen LogP contribution is -2.17. The van der Waals surface area contributed by atoms with Crippen molar-refractivity contribution >= 4 is 29.7 Å². The third kappa shape index (κ3) is 6.69. The first-order valence-electron chi connectivity index (χ1n) is 9.69. The Labute approximate surface area is 185 Å². The Morgan fingerprint density at radius 2 is 1.68 bits per heavy atom. The molecule has 0 spiro atoms. The van der Waals surface area contributed by atoms with Gasteiger partial charge in [0.15, 0.2) is 0 Å². The molecule has 0 heterocycles. The number of nitrogens with zero attached hydrogens (tertiary/aromatic N) is 1. The van der Waals surface area contributed by atoms with Crippen molar-refractivity contribution in [1.82, 2.24) is 5.43 Å². The normalized spacial score (nSPS) is 10.6. The Morgan fingerprint density at radius 1 is 0.968 bits per heavy atom. The van der Waals surface area contributed by atoms with Gasteiger partial charge in [-0.1, -0.05) is 30.7 Å². The molecule has 1 N–H and O–H groups in total. The van der Waals surface area contributed by atoms with E-state index in [2.05, 4.69) is 10.5 Å². The summed E-state index contributed by atoms with van der Waals surface area (Å²) in [6.45, 7) is 2.66. The molecule has 158 valence electrons. The van der Waals surface area contributed by atoms with Gasteiger partial charge in [0.2, 0.25) is 0 Å². The predicted molar refractivity (Wildman–Crippen MR) is 120 cm³/mol. The van der Waals surface area contributed by atoms with Gasteiger partial charge >= 0.3 is 5.97 Å². The van der Waals surface area contributed by atoms with Crippen LogP contribution in [0.1, 0.15) is 39.6 Å². The molecule has 0 bridgehead atoms. The van der Waals surface area contributed by atoms with Gasteiger partial charge in [-0.2, -0.15) is 5.10 Å². The van der Waals surface area contributed by atoms with Gasteiger partial charge in [-0.3, -0.25) is 4.79 Å². The maximum absolute atomic E-state index is 12.2. The van der Waals surface area contributed by atoms with Crippen LogP contribution in [0.4, 0.5) is 0 Å². The molecule has 1 amide bonds. The second kappa shape index (κ2) is 10.9. The van der Waals surface area contributed by atoms with E-state index in [9.17, 15) is 9.59 Å². The van der Waals surface area contributed by atoms with Gasteiger partial charge in [0.05, 0.1) is 18.4 Å². The van der Waals surface area contributed by atoms with Crippen LogP contribution in [0.25, 0.3) is 0 Å². The summed E-state index contributed by atoms with van der Waals surface area (Å²) in [6, 6.07) is 20.1. The lowest BCUT2D eigenvalue weighted by atomic mass is 10.2. The Morgan fingerprint density at radius 3 is 2.39 bits per heavy atom. The van der Waals surface area contributed by atoms with E-state index in [0.717, 1.165) is 6.42 Å². The smallest absolute Gasteiger partial charge is 0.343 e. The highest BCUT2D eigenvalue weighted by Crippen LogP contribution is 2.16. The molecule has 0 atom stereocenters. The number of nitrogens with one attached hydrogen (secondary N) is 1. The number of ether oxygens (including phenoxy) is 2. The molecule has 0 aromatic heterocycles. The van der Waals surface area contributed by atoms with Gasteiger partial charge in [-0.25, -0.2) is 10.2 Å². The van der Waals surface area contributed by atoms with Gasteiger partial charge in [-0.15, -0.1) is 0 Å². The lowest BCUT2D eigenvalue weighted by Gasteiger charge is -2.06. The van der Waals surface area contributed by atoms with Crippen LogP contribution in [-0.2, 0) is 0 Å². The fourth-order valence-corrected chi connectivity index (χ4v) is 2.69. The largest absolute Gasteiger partial charge is 0.494 e. The molecule has 0 aliphatic carbocycles. The summed E-state index contributed by atoms with van der Waals surface area (Å²) in [6.07, 6.45) is 2.38. The van der Waals surface area contributed by atoms with Crippen molar-refractivity contribution < 1.29 is 19.1 Å². The Bertz CT molecular complexity index is 1060. The monoisotopic (exact) mass is 436 g/mol. The number of rotatable bonds is 8. The quantitative estimate of drug-likeness (QED) is 0.230. The summed E-state index contributed by atoms with van der Waals surface area (Å²) in [5.41, 5.74) is 3.98. The zero-order chi connectivity index (χ0) is 22.1. The van der Waals surface area contributed by atoms with Crippen LogP contribution < -0.4 is 14.9 Å². The molecule has 3 aromatic carbocycles. The zero-order valence-corrected chi connectivity index (χ0v) is 17.6. The van der Waals surface area contributed by atoms with E-state index in [-0.39, 0.29) is 5.91 Å². The molecule has 0 saturated carbocycles. The van der Waals surface area contributed by atoms with Gasteiger partial charge in [0.1, 0.15) is 11.5 Å². The molecule has 0 aliphatic heterocycles. The van der Waals surface area contributed by atoms with Crippen molar-refractivity contribution in [3.8, 4) is 11.5 Å². The number of halogens is 1. The molecule has 3 rings (SSSR count). The van der Waals surface area contributed by atoms with Crippen LogP contribution in [0.5, 0.6) is 11.5 Å². The number of carbonyl (C=O) groups excluding carboxylic acids is 2. The Balaban J connectivity index is 1.56. The van der Waals surface area contributed by atoms with Crippen molar-refractivity contribution in [3.63, 3.8) is 0 Å². The third-order valence-electron chi connectivity index (χ3n) is 4.12. The second-order valence-corrected chi connectivity index (χ2v) is 6.98. The first kappa shape index (κ1) is 22.1. The maximum Gasteiger partial charge on any atom is 0.343 e. The summed E-state index contributed by atoms with van der Waals surface area (Å²) < 4.78 is 10.9. The summed E-state index contributed by atoms with van der Waals surface area (Å²) in [7, 11) is 0. The summed E-state index contributed by atoms with van der Waals surface area (Å²) >= 11 is 5.83. The molecular formula is C24H21ClN2O4. The molecule has 0 aliphatic rings. The minimum Gasteiger partial charge on any atom is -0.494 e. The minimum absolute atomic E-state index is 0.344. The van der Waals surface area contributed by atoms with E-state index in [1.54, 1.807) is 72.8 Å². The number of hydrogen-bond acceptors (Lipinski definition) is 5. The second-order valence-electron chi connectivity index (χ2n) is 6.54. The van der Waals surface area contributed by atoms with E-state index in [4.69, 9.17) is 21.1 Å². The van der Waals surface area contributed by atoms with Crippen LogP contribution in [0, 0.1) is 0 Å². The number of amides is 1. The van der Waals surface area contributed by atoms with E-state index < -0.39 is 5.97 Å². The van der Waals surface area contributed by atoms with Crippen LogP contribution in [0.15, 0.2) is 77.9 Å². The topological polar surface area (TPSA) is 77.0 Å². The van der Waals surface area contributed by atoms with Crippen molar-refractivity contribution in [1.29, 1.82) is 0 Å². The maximum atomic E-state index is 12.2. The summed E-state index contributed by atoms with van der Waals surface area (Å²) in [5, 5.41) is 4.51. The highest BCUT2D eigenvalue weighted by atomic mass is 35.5. The minimum atomic E-state index is -0.495. The van der Waals surface area contributed by atoms with Gasteiger partial charge in [0.25, 0.3) is 5.91 Å². The molecule has 6 nitrogen and oxygen atoms in total. The molecule has 0 fully saturated rings.